The van der Waals surface area contributed by atoms with Crippen LogP contribution in [0.5, 0.6) is 0 Å². The summed E-state index contributed by atoms with van der Waals surface area (Å²) in [6.07, 6.45) is 5.64. The molecule has 2 rings (SSSR count). The van der Waals surface area contributed by atoms with Gasteiger partial charge < -0.3 is 19.4 Å². The van der Waals surface area contributed by atoms with Gasteiger partial charge in [-0.05, 0) is 39.0 Å². The molecule has 1 aliphatic rings. The van der Waals surface area contributed by atoms with Gasteiger partial charge in [0, 0.05) is 18.2 Å². The predicted molar refractivity (Wildman–Crippen MR) is 76.0 cm³/mol. The number of rotatable bonds is 7. The van der Waals surface area contributed by atoms with Gasteiger partial charge in [0.1, 0.15) is 12.4 Å². The Hall–Kier alpha value is -0.840. The van der Waals surface area contributed by atoms with Crippen molar-refractivity contribution in [2.24, 2.45) is 0 Å². The maximum Gasteiger partial charge on any atom is 0.133 e. The van der Waals surface area contributed by atoms with Crippen LogP contribution >= 0.6 is 0 Å². The molecule has 1 fully saturated rings. The Balaban J connectivity index is 1.74. The van der Waals surface area contributed by atoms with Gasteiger partial charge in [-0.1, -0.05) is 13.3 Å². The molecule has 0 aliphatic carbocycles. The molecular formula is C15H26N2O2. The normalized spacial score (nSPS) is 20.8. The molecule has 1 atom stereocenters. The summed E-state index contributed by atoms with van der Waals surface area (Å²) in [4.78, 5) is 2.41. The van der Waals surface area contributed by atoms with E-state index in [2.05, 4.69) is 24.2 Å². The SMILES string of the molecule is CCNCc1ccoc1COCC1CCCCN1C. The van der Waals surface area contributed by atoms with Crippen molar-refractivity contribution >= 4 is 0 Å². The fourth-order valence-corrected chi connectivity index (χ4v) is 2.55. The fraction of sp³-hybridized carbons (Fsp3) is 0.733. The molecule has 0 spiro atoms. The molecule has 0 radical (unpaired) electrons. The zero-order valence-corrected chi connectivity index (χ0v) is 12.2. The van der Waals surface area contributed by atoms with Crippen molar-refractivity contribution in [3.8, 4) is 0 Å². The first-order valence-corrected chi connectivity index (χ1v) is 7.35. The molecule has 1 aromatic heterocycles. The largest absolute Gasteiger partial charge is 0.467 e. The van der Waals surface area contributed by atoms with Crippen LogP contribution in [-0.2, 0) is 17.9 Å². The topological polar surface area (TPSA) is 37.6 Å². The van der Waals surface area contributed by atoms with Gasteiger partial charge in [0.05, 0.1) is 12.9 Å². The molecule has 1 N–H and O–H groups in total. The maximum absolute atomic E-state index is 5.85. The third-order valence-corrected chi connectivity index (χ3v) is 3.87. The van der Waals surface area contributed by atoms with E-state index in [-0.39, 0.29) is 0 Å². The summed E-state index contributed by atoms with van der Waals surface area (Å²) < 4.78 is 11.3. The zero-order chi connectivity index (χ0) is 13.5. The van der Waals surface area contributed by atoms with Gasteiger partial charge in [0.2, 0.25) is 0 Å². The maximum atomic E-state index is 5.85. The summed E-state index contributed by atoms with van der Waals surface area (Å²) in [6.45, 7) is 6.51. The molecule has 19 heavy (non-hydrogen) atoms. The van der Waals surface area contributed by atoms with E-state index in [0.717, 1.165) is 25.5 Å². The molecule has 0 bridgehead atoms. The summed E-state index contributed by atoms with van der Waals surface area (Å²) in [5, 5.41) is 3.31. The Kier molecular flexibility index (Phi) is 5.89. The Morgan fingerprint density at radius 3 is 3.16 bits per heavy atom. The third-order valence-electron chi connectivity index (χ3n) is 3.87. The van der Waals surface area contributed by atoms with E-state index in [4.69, 9.17) is 9.15 Å². The van der Waals surface area contributed by atoms with Crippen molar-refractivity contribution < 1.29 is 9.15 Å². The van der Waals surface area contributed by atoms with Crippen LogP contribution in [0.2, 0.25) is 0 Å². The monoisotopic (exact) mass is 266 g/mol. The number of furan rings is 1. The molecule has 0 amide bonds. The van der Waals surface area contributed by atoms with E-state index < -0.39 is 0 Å². The van der Waals surface area contributed by atoms with Crippen LogP contribution in [-0.4, -0.2) is 37.7 Å². The number of nitrogens with zero attached hydrogens (tertiary/aromatic N) is 1. The highest BCUT2D eigenvalue weighted by atomic mass is 16.5. The van der Waals surface area contributed by atoms with Gasteiger partial charge in [-0.25, -0.2) is 0 Å². The quantitative estimate of drug-likeness (QED) is 0.822. The molecule has 0 saturated carbocycles. The number of nitrogens with one attached hydrogen (secondary N) is 1. The van der Waals surface area contributed by atoms with Crippen LogP contribution in [0.4, 0.5) is 0 Å². The van der Waals surface area contributed by atoms with Crippen LogP contribution in [0.1, 0.15) is 37.5 Å². The summed E-state index contributed by atoms with van der Waals surface area (Å²) in [5.74, 6) is 0.958. The Morgan fingerprint density at radius 2 is 2.37 bits per heavy atom. The standard InChI is InChI=1S/C15H26N2O2/c1-3-16-10-13-7-9-19-15(13)12-18-11-14-6-4-5-8-17(14)2/h7,9,14,16H,3-6,8,10-12H2,1-2H3. The van der Waals surface area contributed by atoms with Crippen LogP contribution in [0.25, 0.3) is 0 Å². The zero-order valence-electron chi connectivity index (χ0n) is 12.2. The Bertz CT molecular complexity index is 365. The minimum atomic E-state index is 0.570. The molecule has 1 saturated heterocycles. The molecule has 4 heteroatoms. The molecule has 1 unspecified atom stereocenters. The van der Waals surface area contributed by atoms with Gasteiger partial charge in [0.15, 0.2) is 0 Å². The average molecular weight is 266 g/mol. The van der Waals surface area contributed by atoms with Gasteiger partial charge in [-0.3, -0.25) is 0 Å². The second-order valence-corrected chi connectivity index (χ2v) is 5.29. The third kappa shape index (κ3) is 4.34. The number of ether oxygens (including phenoxy) is 1. The lowest BCUT2D eigenvalue weighted by Gasteiger charge is -2.32. The molecule has 1 aromatic rings. The van der Waals surface area contributed by atoms with Crippen LogP contribution in [0.15, 0.2) is 16.7 Å². The van der Waals surface area contributed by atoms with Gasteiger partial charge in [-0.2, -0.15) is 0 Å². The van der Waals surface area contributed by atoms with Gasteiger partial charge in [0.25, 0.3) is 0 Å². The van der Waals surface area contributed by atoms with E-state index >= 15 is 0 Å². The Labute approximate surface area is 116 Å². The minimum absolute atomic E-state index is 0.570. The van der Waals surface area contributed by atoms with Crippen LogP contribution < -0.4 is 5.32 Å². The van der Waals surface area contributed by atoms with E-state index in [1.807, 2.05) is 6.07 Å². The van der Waals surface area contributed by atoms with Crippen molar-refractivity contribution in [1.82, 2.24) is 10.2 Å². The number of likely N-dealkylation sites (N-methyl/N-ethyl adjacent to an activating group) is 1. The Morgan fingerprint density at radius 1 is 1.47 bits per heavy atom. The molecular weight excluding hydrogens is 240 g/mol. The van der Waals surface area contributed by atoms with Gasteiger partial charge >= 0.3 is 0 Å². The smallest absolute Gasteiger partial charge is 0.133 e. The summed E-state index contributed by atoms with van der Waals surface area (Å²) >= 11 is 0. The second-order valence-electron chi connectivity index (χ2n) is 5.29. The lowest BCUT2D eigenvalue weighted by molar-refractivity contribution is 0.0370. The lowest BCUT2D eigenvalue weighted by atomic mass is 10.0. The fourth-order valence-electron chi connectivity index (χ4n) is 2.55. The number of hydrogen-bond donors (Lipinski definition) is 1. The highest BCUT2D eigenvalue weighted by Gasteiger charge is 2.19. The van der Waals surface area contributed by atoms with E-state index in [0.29, 0.717) is 12.6 Å². The molecule has 0 aromatic carbocycles. The predicted octanol–water partition coefficient (Wildman–Crippen LogP) is 2.39. The number of likely N-dealkylation sites (tertiary alicyclic amines) is 1. The summed E-state index contributed by atoms with van der Waals surface area (Å²) in [5.41, 5.74) is 1.21. The van der Waals surface area contributed by atoms with Crippen molar-refractivity contribution in [1.29, 1.82) is 0 Å². The highest BCUT2D eigenvalue weighted by Crippen LogP contribution is 2.17. The summed E-state index contributed by atoms with van der Waals surface area (Å²) in [7, 11) is 2.19. The van der Waals surface area contributed by atoms with Crippen LogP contribution in [0.3, 0.4) is 0 Å². The first-order valence-electron chi connectivity index (χ1n) is 7.35. The van der Waals surface area contributed by atoms with Crippen molar-refractivity contribution in [2.45, 2.75) is 45.4 Å². The summed E-state index contributed by atoms with van der Waals surface area (Å²) in [6, 6.07) is 2.59. The molecule has 2 heterocycles. The van der Waals surface area contributed by atoms with E-state index in [9.17, 15) is 0 Å². The van der Waals surface area contributed by atoms with Crippen molar-refractivity contribution in [3.63, 3.8) is 0 Å². The second kappa shape index (κ2) is 7.68. The molecule has 108 valence electrons. The van der Waals surface area contributed by atoms with E-state index in [1.165, 1.54) is 31.4 Å². The van der Waals surface area contributed by atoms with Crippen LogP contribution in [0, 0.1) is 0 Å². The lowest BCUT2D eigenvalue weighted by Crippen LogP contribution is -2.39. The minimum Gasteiger partial charge on any atom is -0.467 e. The van der Waals surface area contributed by atoms with Crippen molar-refractivity contribution in [2.75, 3.05) is 26.7 Å². The molecule has 1 aliphatic heterocycles. The van der Waals surface area contributed by atoms with E-state index in [1.54, 1.807) is 6.26 Å². The first kappa shape index (κ1) is 14.6. The molecule has 4 nitrogen and oxygen atoms in total. The average Bonchev–Trinajstić information content (AvgIpc) is 2.86. The van der Waals surface area contributed by atoms with Gasteiger partial charge in [-0.15, -0.1) is 0 Å². The van der Waals surface area contributed by atoms with Crippen molar-refractivity contribution in [3.05, 3.63) is 23.7 Å². The number of piperidine rings is 1. The number of hydrogen-bond acceptors (Lipinski definition) is 4. The first-order chi connectivity index (χ1) is 9.31. The highest BCUT2D eigenvalue weighted by molar-refractivity contribution is 5.16.